The van der Waals surface area contributed by atoms with E-state index in [1.807, 2.05) is 25.3 Å². The van der Waals surface area contributed by atoms with E-state index in [0.29, 0.717) is 38.0 Å². The highest BCUT2D eigenvalue weighted by Gasteiger charge is 2.20. The first-order valence-corrected chi connectivity index (χ1v) is 10.4. The molecule has 0 bridgehead atoms. The van der Waals surface area contributed by atoms with Gasteiger partial charge in [-0.2, -0.15) is 0 Å². The Hall–Kier alpha value is -1.93. The lowest BCUT2D eigenvalue weighted by Gasteiger charge is -2.18. The third-order valence-electron chi connectivity index (χ3n) is 4.57. The van der Waals surface area contributed by atoms with Gasteiger partial charge in [0.15, 0.2) is 0 Å². The molecule has 2 rings (SSSR count). The Labute approximate surface area is 155 Å². The van der Waals surface area contributed by atoms with E-state index < -0.39 is 10.0 Å². The first-order chi connectivity index (χ1) is 12.3. The van der Waals surface area contributed by atoms with Crippen LogP contribution in [0.1, 0.15) is 33.0 Å². The number of carbonyl (C=O) groups excluding carboxylic acids is 1. The summed E-state index contributed by atoms with van der Waals surface area (Å²) in [6, 6.07) is 5.00. The van der Waals surface area contributed by atoms with Gasteiger partial charge in [0.2, 0.25) is 15.9 Å². The summed E-state index contributed by atoms with van der Waals surface area (Å²) in [5.74, 6) is 0.919. The van der Waals surface area contributed by atoms with E-state index in [0.717, 1.165) is 11.3 Å². The fraction of sp³-hybridized carbons (Fsp3) is 0.556. The molecule has 1 heterocycles. The summed E-state index contributed by atoms with van der Waals surface area (Å²) in [4.78, 5) is 18.9. The largest absolute Gasteiger partial charge is 0.343 e. The van der Waals surface area contributed by atoms with Crippen molar-refractivity contribution in [2.45, 2.75) is 45.1 Å². The average Bonchev–Trinajstić information content (AvgIpc) is 2.97. The number of aromatic nitrogens is 2. The van der Waals surface area contributed by atoms with Gasteiger partial charge in [0.1, 0.15) is 5.82 Å². The predicted octanol–water partition coefficient (Wildman–Crippen LogP) is 2.11. The van der Waals surface area contributed by atoms with Crippen molar-refractivity contribution in [3.63, 3.8) is 0 Å². The lowest BCUT2D eigenvalue weighted by Crippen LogP contribution is -2.30. The SMILES string of the molecule is CCN(CC)C(=O)CCc1nc2cc(S(=O)(=O)N(C)C)ccc2n1CC. The van der Waals surface area contributed by atoms with Gasteiger partial charge in [-0.3, -0.25) is 4.79 Å². The molecule has 0 N–H and O–H groups in total. The Balaban J connectivity index is 2.35. The Morgan fingerprint density at radius 2 is 1.81 bits per heavy atom. The van der Waals surface area contributed by atoms with Crippen LogP contribution in [0.4, 0.5) is 0 Å². The number of imidazole rings is 1. The maximum absolute atomic E-state index is 12.3. The van der Waals surface area contributed by atoms with Gasteiger partial charge in [-0.15, -0.1) is 0 Å². The normalized spacial score (nSPS) is 12.1. The molecule has 0 saturated heterocycles. The van der Waals surface area contributed by atoms with E-state index in [2.05, 4.69) is 4.98 Å². The van der Waals surface area contributed by atoms with Crippen LogP contribution in [0.3, 0.4) is 0 Å². The summed E-state index contributed by atoms with van der Waals surface area (Å²) in [7, 11) is -0.482. The minimum absolute atomic E-state index is 0.112. The molecule has 1 amide bonds. The predicted molar refractivity (Wildman–Crippen MR) is 103 cm³/mol. The third kappa shape index (κ3) is 3.91. The summed E-state index contributed by atoms with van der Waals surface area (Å²) in [5.41, 5.74) is 1.52. The molecule has 2 aromatic rings. The summed E-state index contributed by atoms with van der Waals surface area (Å²) >= 11 is 0. The Bertz CT molecular complexity index is 883. The zero-order valence-corrected chi connectivity index (χ0v) is 17.0. The standard InChI is InChI=1S/C18H28N4O3S/c1-6-21(7-2)18(23)12-11-17-19-15-13-14(26(24,25)20(4)5)9-10-16(15)22(17)8-3/h9-10,13H,6-8,11-12H2,1-5H3. The quantitative estimate of drug-likeness (QED) is 0.703. The summed E-state index contributed by atoms with van der Waals surface area (Å²) in [6.07, 6.45) is 0.932. The maximum Gasteiger partial charge on any atom is 0.242 e. The Morgan fingerprint density at radius 3 is 2.35 bits per heavy atom. The molecule has 26 heavy (non-hydrogen) atoms. The summed E-state index contributed by atoms with van der Waals surface area (Å²) in [5, 5.41) is 0. The fourth-order valence-corrected chi connectivity index (χ4v) is 3.95. The molecule has 0 saturated carbocycles. The zero-order chi connectivity index (χ0) is 19.5. The number of carbonyl (C=O) groups is 1. The third-order valence-corrected chi connectivity index (χ3v) is 6.38. The number of sulfonamides is 1. The molecular weight excluding hydrogens is 352 g/mol. The second-order valence-corrected chi connectivity index (χ2v) is 8.43. The van der Waals surface area contributed by atoms with Crippen molar-refractivity contribution >= 4 is 27.0 Å². The molecule has 144 valence electrons. The van der Waals surface area contributed by atoms with Gasteiger partial charge in [-0.25, -0.2) is 17.7 Å². The van der Waals surface area contributed by atoms with Crippen molar-refractivity contribution in [3.05, 3.63) is 24.0 Å². The fourth-order valence-electron chi connectivity index (χ4n) is 3.03. The number of hydrogen-bond donors (Lipinski definition) is 0. The van der Waals surface area contributed by atoms with Gasteiger partial charge in [-0.1, -0.05) is 0 Å². The molecule has 1 aromatic heterocycles. The monoisotopic (exact) mass is 380 g/mol. The molecule has 0 radical (unpaired) electrons. The van der Waals surface area contributed by atoms with Crippen molar-refractivity contribution in [1.29, 1.82) is 0 Å². The van der Waals surface area contributed by atoms with Crippen LogP contribution in [0, 0.1) is 0 Å². The molecule has 0 unspecified atom stereocenters. The van der Waals surface area contributed by atoms with E-state index in [-0.39, 0.29) is 10.8 Å². The van der Waals surface area contributed by atoms with Crippen molar-refractivity contribution < 1.29 is 13.2 Å². The van der Waals surface area contributed by atoms with Gasteiger partial charge in [0.05, 0.1) is 15.9 Å². The van der Waals surface area contributed by atoms with E-state index in [9.17, 15) is 13.2 Å². The number of benzene rings is 1. The van der Waals surface area contributed by atoms with E-state index in [1.165, 1.54) is 18.4 Å². The van der Waals surface area contributed by atoms with Crippen LogP contribution in [0.15, 0.2) is 23.1 Å². The minimum Gasteiger partial charge on any atom is -0.343 e. The first-order valence-electron chi connectivity index (χ1n) is 8.95. The zero-order valence-electron chi connectivity index (χ0n) is 16.2. The highest BCUT2D eigenvalue weighted by molar-refractivity contribution is 7.89. The highest BCUT2D eigenvalue weighted by atomic mass is 32.2. The van der Waals surface area contributed by atoms with Crippen molar-refractivity contribution in [1.82, 2.24) is 18.8 Å². The molecule has 8 heteroatoms. The number of rotatable bonds is 8. The molecule has 0 spiro atoms. The van der Waals surface area contributed by atoms with Crippen LogP contribution in [-0.4, -0.2) is 60.3 Å². The van der Waals surface area contributed by atoms with Crippen LogP contribution in [0.2, 0.25) is 0 Å². The highest BCUT2D eigenvalue weighted by Crippen LogP contribution is 2.22. The lowest BCUT2D eigenvalue weighted by molar-refractivity contribution is -0.130. The summed E-state index contributed by atoms with van der Waals surface area (Å²) < 4.78 is 27.9. The molecular formula is C18H28N4O3S. The van der Waals surface area contributed by atoms with Crippen molar-refractivity contribution in [2.24, 2.45) is 0 Å². The Kier molecular flexibility index (Phi) is 6.41. The number of nitrogens with zero attached hydrogens (tertiary/aromatic N) is 4. The number of hydrogen-bond acceptors (Lipinski definition) is 4. The number of aryl methyl sites for hydroxylation is 2. The van der Waals surface area contributed by atoms with Gasteiger partial charge in [-0.05, 0) is 39.0 Å². The summed E-state index contributed by atoms with van der Waals surface area (Å²) in [6.45, 7) is 8.06. The van der Waals surface area contributed by atoms with Gasteiger partial charge in [0, 0.05) is 46.6 Å². The second kappa shape index (κ2) is 8.18. The topological polar surface area (TPSA) is 75.5 Å². The van der Waals surface area contributed by atoms with E-state index in [4.69, 9.17) is 0 Å². The van der Waals surface area contributed by atoms with Crippen LogP contribution in [-0.2, 0) is 27.8 Å². The van der Waals surface area contributed by atoms with E-state index >= 15 is 0 Å². The van der Waals surface area contributed by atoms with Gasteiger partial charge >= 0.3 is 0 Å². The van der Waals surface area contributed by atoms with Gasteiger partial charge in [0.25, 0.3) is 0 Å². The van der Waals surface area contributed by atoms with E-state index in [1.54, 1.807) is 23.1 Å². The van der Waals surface area contributed by atoms with Crippen LogP contribution in [0.25, 0.3) is 11.0 Å². The first kappa shape index (κ1) is 20.4. The second-order valence-electron chi connectivity index (χ2n) is 6.28. The molecule has 0 atom stereocenters. The number of amides is 1. The molecule has 0 aliphatic rings. The molecule has 1 aromatic carbocycles. The minimum atomic E-state index is -3.50. The molecule has 0 aliphatic carbocycles. The average molecular weight is 381 g/mol. The van der Waals surface area contributed by atoms with Crippen molar-refractivity contribution in [2.75, 3.05) is 27.2 Å². The Morgan fingerprint density at radius 1 is 1.15 bits per heavy atom. The van der Waals surface area contributed by atoms with Crippen molar-refractivity contribution in [3.8, 4) is 0 Å². The number of fused-ring (bicyclic) bond motifs is 1. The van der Waals surface area contributed by atoms with Crippen LogP contribution >= 0.6 is 0 Å². The van der Waals surface area contributed by atoms with Gasteiger partial charge < -0.3 is 9.47 Å². The molecule has 7 nitrogen and oxygen atoms in total. The lowest BCUT2D eigenvalue weighted by atomic mass is 10.2. The molecule has 0 fully saturated rings. The van der Waals surface area contributed by atoms with Crippen LogP contribution < -0.4 is 0 Å². The maximum atomic E-state index is 12.3. The smallest absolute Gasteiger partial charge is 0.242 e. The van der Waals surface area contributed by atoms with Crippen LogP contribution in [0.5, 0.6) is 0 Å². The molecule has 0 aliphatic heterocycles.